The molecule has 0 aliphatic carbocycles. The summed E-state index contributed by atoms with van der Waals surface area (Å²) >= 11 is 0. The number of aromatic nitrogens is 2. The van der Waals surface area contributed by atoms with Gasteiger partial charge < -0.3 is 19.5 Å². The summed E-state index contributed by atoms with van der Waals surface area (Å²) in [6.07, 6.45) is 5.49. The zero-order valence-electron chi connectivity index (χ0n) is 13.2. The number of carbonyl (C=O) groups excluding carboxylic acids is 1. The van der Waals surface area contributed by atoms with Crippen molar-refractivity contribution < 1.29 is 9.53 Å². The van der Waals surface area contributed by atoms with Crippen LogP contribution in [0.25, 0.3) is 0 Å². The van der Waals surface area contributed by atoms with Gasteiger partial charge in [-0.25, -0.2) is 9.78 Å². The van der Waals surface area contributed by atoms with Gasteiger partial charge in [-0.15, -0.1) is 0 Å². The highest BCUT2D eigenvalue weighted by molar-refractivity contribution is 5.67. The molecular weight excluding hydrogens is 268 g/mol. The standard InChI is InChI=1S/C15H26N4O2/c1-4-21-15(20)18-8-5-13(6-9-18)17-14-16-7-10-19(14)11-12(2)3/h7,10,12-13H,4-6,8-9,11H2,1-3H3,(H,16,17). The molecule has 1 aliphatic rings. The number of nitrogens with one attached hydrogen (secondary N) is 1. The lowest BCUT2D eigenvalue weighted by Gasteiger charge is -2.32. The lowest BCUT2D eigenvalue weighted by atomic mass is 10.1. The van der Waals surface area contributed by atoms with Gasteiger partial charge in [-0.3, -0.25) is 0 Å². The largest absolute Gasteiger partial charge is 0.450 e. The molecule has 0 saturated carbocycles. The minimum Gasteiger partial charge on any atom is -0.450 e. The molecule has 1 aromatic heterocycles. The Morgan fingerprint density at radius 2 is 2.19 bits per heavy atom. The lowest BCUT2D eigenvalue weighted by molar-refractivity contribution is 0.0983. The molecule has 2 heterocycles. The molecule has 1 aromatic rings. The van der Waals surface area contributed by atoms with Crippen LogP contribution < -0.4 is 5.32 Å². The molecule has 1 aliphatic heterocycles. The average Bonchev–Trinajstić information content (AvgIpc) is 2.86. The van der Waals surface area contributed by atoms with Crippen LogP contribution in [-0.4, -0.2) is 46.3 Å². The molecule has 1 saturated heterocycles. The van der Waals surface area contributed by atoms with Crippen molar-refractivity contribution in [1.82, 2.24) is 14.5 Å². The van der Waals surface area contributed by atoms with Crippen molar-refractivity contribution in [2.75, 3.05) is 25.0 Å². The number of nitrogens with zero attached hydrogens (tertiary/aromatic N) is 3. The topological polar surface area (TPSA) is 59.4 Å². The van der Waals surface area contributed by atoms with Crippen LogP contribution in [0.4, 0.5) is 10.7 Å². The zero-order valence-corrected chi connectivity index (χ0v) is 13.2. The van der Waals surface area contributed by atoms with Crippen molar-refractivity contribution in [1.29, 1.82) is 0 Å². The fourth-order valence-electron chi connectivity index (χ4n) is 2.59. The lowest BCUT2D eigenvalue weighted by Crippen LogP contribution is -2.42. The Balaban J connectivity index is 1.83. The molecule has 118 valence electrons. The van der Waals surface area contributed by atoms with Gasteiger partial charge in [0.2, 0.25) is 5.95 Å². The highest BCUT2D eigenvalue weighted by Crippen LogP contribution is 2.17. The van der Waals surface area contributed by atoms with Gasteiger partial charge in [-0.2, -0.15) is 0 Å². The smallest absolute Gasteiger partial charge is 0.409 e. The minimum absolute atomic E-state index is 0.197. The summed E-state index contributed by atoms with van der Waals surface area (Å²) in [5, 5.41) is 3.50. The van der Waals surface area contributed by atoms with Crippen molar-refractivity contribution in [3.05, 3.63) is 12.4 Å². The number of ether oxygens (including phenoxy) is 1. The second-order valence-electron chi connectivity index (χ2n) is 5.90. The number of hydrogen-bond acceptors (Lipinski definition) is 4. The molecule has 0 bridgehead atoms. The fourth-order valence-corrected chi connectivity index (χ4v) is 2.59. The molecule has 6 heteroatoms. The average molecular weight is 294 g/mol. The van der Waals surface area contributed by atoms with E-state index in [9.17, 15) is 4.79 Å². The van der Waals surface area contributed by atoms with E-state index in [2.05, 4.69) is 28.7 Å². The van der Waals surface area contributed by atoms with Crippen LogP contribution in [0.1, 0.15) is 33.6 Å². The number of rotatable bonds is 5. The Labute approximate surface area is 126 Å². The molecule has 0 atom stereocenters. The highest BCUT2D eigenvalue weighted by atomic mass is 16.6. The third kappa shape index (κ3) is 4.37. The number of likely N-dealkylation sites (tertiary alicyclic amines) is 1. The monoisotopic (exact) mass is 294 g/mol. The van der Waals surface area contributed by atoms with Crippen LogP contribution in [0.3, 0.4) is 0 Å². The summed E-state index contributed by atoms with van der Waals surface area (Å²) in [5.41, 5.74) is 0. The van der Waals surface area contributed by atoms with E-state index in [0.717, 1.165) is 38.4 Å². The van der Waals surface area contributed by atoms with E-state index in [1.807, 2.05) is 19.3 Å². The van der Waals surface area contributed by atoms with Gasteiger partial charge in [-0.1, -0.05) is 13.8 Å². The summed E-state index contributed by atoms with van der Waals surface area (Å²) in [5.74, 6) is 1.52. The Kier molecular flexibility index (Phi) is 5.47. The van der Waals surface area contributed by atoms with Crippen LogP contribution in [0.15, 0.2) is 12.4 Å². The summed E-state index contributed by atoms with van der Waals surface area (Å²) < 4.78 is 7.19. The quantitative estimate of drug-likeness (QED) is 0.906. The highest BCUT2D eigenvalue weighted by Gasteiger charge is 2.24. The maximum Gasteiger partial charge on any atom is 0.409 e. The third-order valence-electron chi connectivity index (χ3n) is 3.63. The van der Waals surface area contributed by atoms with Crippen molar-refractivity contribution in [3.63, 3.8) is 0 Å². The van der Waals surface area contributed by atoms with Crippen LogP contribution in [-0.2, 0) is 11.3 Å². The van der Waals surface area contributed by atoms with Crippen molar-refractivity contribution in [3.8, 4) is 0 Å². The van der Waals surface area contributed by atoms with E-state index in [4.69, 9.17) is 4.74 Å². The molecule has 0 aromatic carbocycles. The maximum absolute atomic E-state index is 11.7. The van der Waals surface area contributed by atoms with E-state index in [1.54, 1.807) is 4.90 Å². The number of hydrogen-bond donors (Lipinski definition) is 1. The van der Waals surface area contributed by atoms with Crippen molar-refractivity contribution in [2.24, 2.45) is 5.92 Å². The van der Waals surface area contributed by atoms with Crippen molar-refractivity contribution in [2.45, 2.75) is 46.2 Å². The predicted molar refractivity (Wildman–Crippen MR) is 82.3 cm³/mol. The summed E-state index contributed by atoms with van der Waals surface area (Å²) in [4.78, 5) is 17.8. The predicted octanol–water partition coefficient (Wildman–Crippen LogP) is 2.57. The second-order valence-corrected chi connectivity index (χ2v) is 5.90. The van der Waals surface area contributed by atoms with Gasteiger partial charge in [0.1, 0.15) is 0 Å². The summed E-state index contributed by atoms with van der Waals surface area (Å²) in [7, 11) is 0. The third-order valence-corrected chi connectivity index (χ3v) is 3.63. The minimum atomic E-state index is -0.197. The first-order valence-electron chi connectivity index (χ1n) is 7.79. The number of imidazole rings is 1. The van der Waals surface area contributed by atoms with E-state index < -0.39 is 0 Å². The molecule has 6 nitrogen and oxygen atoms in total. The first-order valence-corrected chi connectivity index (χ1v) is 7.79. The molecule has 1 N–H and O–H groups in total. The Morgan fingerprint density at radius 3 is 2.81 bits per heavy atom. The van der Waals surface area contributed by atoms with Crippen molar-refractivity contribution >= 4 is 12.0 Å². The molecule has 0 unspecified atom stereocenters. The molecule has 1 amide bonds. The van der Waals surface area contributed by atoms with Crippen LogP contribution in [0.2, 0.25) is 0 Å². The number of amides is 1. The van der Waals surface area contributed by atoms with Crippen LogP contribution in [0.5, 0.6) is 0 Å². The molecule has 0 spiro atoms. The number of anilines is 1. The molecular formula is C15H26N4O2. The molecule has 0 radical (unpaired) electrons. The molecule has 1 fully saturated rings. The van der Waals surface area contributed by atoms with Gasteiger partial charge >= 0.3 is 6.09 Å². The first kappa shape index (κ1) is 15.7. The van der Waals surface area contributed by atoms with Gasteiger partial charge in [0, 0.05) is 38.1 Å². The summed E-state index contributed by atoms with van der Waals surface area (Å²) in [6, 6.07) is 0.365. The molecule has 21 heavy (non-hydrogen) atoms. The van der Waals surface area contributed by atoms with Gasteiger partial charge in [0.15, 0.2) is 0 Å². The van der Waals surface area contributed by atoms with E-state index >= 15 is 0 Å². The second kappa shape index (κ2) is 7.33. The number of piperidine rings is 1. The van der Waals surface area contributed by atoms with Crippen LogP contribution >= 0.6 is 0 Å². The normalized spacial score (nSPS) is 16.3. The Morgan fingerprint density at radius 1 is 1.48 bits per heavy atom. The fraction of sp³-hybridized carbons (Fsp3) is 0.733. The first-order chi connectivity index (χ1) is 10.1. The Hall–Kier alpha value is -1.72. The maximum atomic E-state index is 11.7. The zero-order chi connectivity index (χ0) is 15.2. The Bertz CT molecular complexity index is 450. The SMILES string of the molecule is CCOC(=O)N1CCC(Nc2nccn2CC(C)C)CC1. The van der Waals surface area contributed by atoms with Crippen LogP contribution in [0, 0.1) is 5.92 Å². The summed E-state index contributed by atoms with van der Waals surface area (Å²) in [6.45, 7) is 9.10. The molecule has 2 rings (SSSR count). The van der Waals surface area contributed by atoms with E-state index in [-0.39, 0.29) is 6.09 Å². The van der Waals surface area contributed by atoms with Gasteiger partial charge in [0.25, 0.3) is 0 Å². The van der Waals surface area contributed by atoms with E-state index in [1.165, 1.54) is 0 Å². The van der Waals surface area contributed by atoms with E-state index in [0.29, 0.717) is 18.6 Å². The number of carbonyl (C=O) groups is 1. The van der Waals surface area contributed by atoms with Gasteiger partial charge in [-0.05, 0) is 25.7 Å². The van der Waals surface area contributed by atoms with Gasteiger partial charge in [0.05, 0.1) is 6.61 Å².